The molecule has 3 rings (SSSR count). The fourth-order valence-corrected chi connectivity index (χ4v) is 2.84. The first kappa shape index (κ1) is 13.7. The number of ether oxygens (including phenoxy) is 3. The Morgan fingerprint density at radius 1 is 1.10 bits per heavy atom. The van der Waals surface area contributed by atoms with Crippen molar-refractivity contribution in [1.29, 1.82) is 0 Å². The minimum Gasteiger partial charge on any atom is -0.496 e. The van der Waals surface area contributed by atoms with Gasteiger partial charge in [-0.1, -0.05) is 12.1 Å². The smallest absolute Gasteiger partial charge is 0.349 e. The molecule has 1 saturated heterocycles. The van der Waals surface area contributed by atoms with Gasteiger partial charge in [-0.15, -0.1) is 0 Å². The number of hydrogen-bond donors (Lipinski definition) is 0. The summed E-state index contributed by atoms with van der Waals surface area (Å²) in [6.07, 6.45) is 1.32. The van der Waals surface area contributed by atoms with Gasteiger partial charge in [0.15, 0.2) is 0 Å². The lowest BCUT2D eigenvalue weighted by atomic mass is 10.0. The molecule has 5 heteroatoms. The molecule has 1 aromatic carbocycles. The molecular formula is C16H16O5. The van der Waals surface area contributed by atoms with Gasteiger partial charge in [0.2, 0.25) is 0 Å². The van der Waals surface area contributed by atoms with Gasteiger partial charge in [-0.3, -0.25) is 0 Å². The van der Waals surface area contributed by atoms with Crippen molar-refractivity contribution in [3.63, 3.8) is 0 Å². The molecule has 110 valence electrons. The first-order valence-corrected chi connectivity index (χ1v) is 6.79. The summed E-state index contributed by atoms with van der Waals surface area (Å²) >= 11 is 0. The Bertz CT molecular complexity index is 647. The van der Waals surface area contributed by atoms with Gasteiger partial charge in [0.25, 0.3) is 5.79 Å². The van der Waals surface area contributed by atoms with E-state index >= 15 is 0 Å². The number of esters is 2. The third kappa shape index (κ3) is 2.18. The Labute approximate surface area is 122 Å². The highest BCUT2D eigenvalue weighted by Crippen LogP contribution is 2.41. The molecular weight excluding hydrogens is 272 g/mol. The second kappa shape index (κ2) is 4.62. The van der Waals surface area contributed by atoms with E-state index in [1.165, 1.54) is 13.8 Å². The van der Waals surface area contributed by atoms with Gasteiger partial charge in [-0.2, -0.15) is 0 Å². The Morgan fingerprint density at radius 3 is 2.38 bits per heavy atom. The van der Waals surface area contributed by atoms with Crippen LogP contribution in [0.15, 0.2) is 23.8 Å². The maximum atomic E-state index is 12.2. The molecule has 0 N–H and O–H groups in total. The number of methoxy groups -OCH3 is 1. The lowest BCUT2D eigenvalue weighted by Gasteiger charge is -2.30. The zero-order chi connectivity index (χ0) is 15.2. The van der Waals surface area contributed by atoms with E-state index in [9.17, 15) is 9.59 Å². The summed E-state index contributed by atoms with van der Waals surface area (Å²) in [5.74, 6) is -1.70. The molecule has 0 bridgehead atoms. The standard InChI is InChI=1S/C16H16O5/c1-16(2)20-14(17)13(15(18)21-16)11-8-7-10-9(11)5-4-6-12(10)19-3/h4-6H,7-8H2,1-3H3. The van der Waals surface area contributed by atoms with Gasteiger partial charge in [0.1, 0.15) is 11.3 Å². The summed E-state index contributed by atoms with van der Waals surface area (Å²) in [4.78, 5) is 24.3. The summed E-state index contributed by atoms with van der Waals surface area (Å²) in [5.41, 5.74) is 2.54. The molecule has 0 unspecified atom stereocenters. The van der Waals surface area contributed by atoms with Crippen LogP contribution >= 0.6 is 0 Å². The minimum absolute atomic E-state index is 0.00123. The van der Waals surface area contributed by atoms with Gasteiger partial charge in [0.05, 0.1) is 7.11 Å². The van der Waals surface area contributed by atoms with Crippen LogP contribution in [0.4, 0.5) is 0 Å². The number of hydrogen-bond acceptors (Lipinski definition) is 5. The normalized spacial score (nSPS) is 20.0. The number of cyclic esters (lactones) is 2. The number of carbonyl (C=O) groups is 2. The maximum Gasteiger partial charge on any atom is 0.349 e. The zero-order valence-corrected chi connectivity index (χ0v) is 12.2. The lowest BCUT2D eigenvalue weighted by molar-refractivity contribution is -0.222. The second-order valence-corrected chi connectivity index (χ2v) is 5.52. The molecule has 0 aromatic heterocycles. The number of rotatable bonds is 1. The van der Waals surface area contributed by atoms with E-state index in [0.717, 1.165) is 23.3 Å². The molecule has 1 fully saturated rings. The summed E-state index contributed by atoms with van der Waals surface area (Å²) in [7, 11) is 1.60. The van der Waals surface area contributed by atoms with E-state index in [1.807, 2.05) is 18.2 Å². The molecule has 21 heavy (non-hydrogen) atoms. The van der Waals surface area contributed by atoms with E-state index in [2.05, 4.69) is 0 Å². The number of carbonyl (C=O) groups excluding carboxylic acids is 2. The zero-order valence-electron chi connectivity index (χ0n) is 12.2. The molecule has 1 aliphatic carbocycles. The first-order chi connectivity index (χ1) is 9.93. The highest BCUT2D eigenvalue weighted by molar-refractivity contribution is 6.21. The molecule has 1 aliphatic heterocycles. The van der Waals surface area contributed by atoms with E-state index in [0.29, 0.717) is 12.0 Å². The van der Waals surface area contributed by atoms with Gasteiger partial charge in [-0.25, -0.2) is 9.59 Å². The highest BCUT2D eigenvalue weighted by Gasteiger charge is 2.42. The third-order valence-corrected chi connectivity index (χ3v) is 3.69. The van der Waals surface area contributed by atoms with Crippen molar-refractivity contribution in [3.8, 4) is 5.75 Å². The summed E-state index contributed by atoms with van der Waals surface area (Å²) in [6, 6.07) is 5.59. The van der Waals surface area contributed by atoms with Gasteiger partial charge >= 0.3 is 11.9 Å². The van der Waals surface area contributed by atoms with Gasteiger partial charge < -0.3 is 14.2 Å². The van der Waals surface area contributed by atoms with Crippen LogP contribution in [0.1, 0.15) is 31.4 Å². The molecule has 0 radical (unpaired) electrons. The average molecular weight is 288 g/mol. The number of benzene rings is 1. The first-order valence-electron chi connectivity index (χ1n) is 6.79. The Balaban J connectivity index is 2.11. The third-order valence-electron chi connectivity index (χ3n) is 3.69. The topological polar surface area (TPSA) is 61.8 Å². The number of fused-ring (bicyclic) bond motifs is 1. The molecule has 1 aromatic rings. The monoisotopic (exact) mass is 288 g/mol. The highest BCUT2D eigenvalue weighted by atomic mass is 16.7. The van der Waals surface area contributed by atoms with Crippen LogP contribution in [0.25, 0.3) is 5.57 Å². The van der Waals surface area contributed by atoms with Crippen LogP contribution in [0.3, 0.4) is 0 Å². The average Bonchev–Trinajstić information content (AvgIpc) is 2.80. The van der Waals surface area contributed by atoms with Gasteiger partial charge in [0, 0.05) is 19.4 Å². The molecule has 0 spiro atoms. The van der Waals surface area contributed by atoms with Gasteiger partial charge in [-0.05, 0) is 30.0 Å². The fourth-order valence-electron chi connectivity index (χ4n) is 2.84. The van der Waals surface area contributed by atoms with Crippen LogP contribution in [-0.4, -0.2) is 24.8 Å². The molecule has 0 amide bonds. The van der Waals surface area contributed by atoms with Crippen molar-refractivity contribution in [2.24, 2.45) is 0 Å². The Kier molecular flexibility index (Phi) is 3.01. The van der Waals surface area contributed by atoms with Crippen molar-refractivity contribution >= 4 is 17.5 Å². The molecule has 0 atom stereocenters. The van der Waals surface area contributed by atoms with Crippen molar-refractivity contribution in [2.75, 3.05) is 7.11 Å². The lowest BCUT2D eigenvalue weighted by Crippen LogP contribution is -2.42. The molecule has 2 aliphatic rings. The molecule has 1 heterocycles. The maximum absolute atomic E-state index is 12.2. The summed E-state index contributed by atoms with van der Waals surface area (Å²) < 4.78 is 15.7. The minimum atomic E-state index is -1.21. The van der Waals surface area contributed by atoms with Crippen LogP contribution in [0, 0.1) is 0 Å². The Morgan fingerprint density at radius 2 is 1.76 bits per heavy atom. The van der Waals surface area contributed by atoms with Crippen molar-refractivity contribution in [2.45, 2.75) is 32.5 Å². The Hall–Kier alpha value is -2.30. The second-order valence-electron chi connectivity index (χ2n) is 5.52. The predicted octanol–water partition coefficient (Wildman–Crippen LogP) is 2.23. The van der Waals surface area contributed by atoms with Crippen LogP contribution in [0.5, 0.6) is 5.75 Å². The van der Waals surface area contributed by atoms with E-state index < -0.39 is 17.7 Å². The molecule has 0 saturated carbocycles. The van der Waals surface area contributed by atoms with Crippen LogP contribution in [-0.2, 0) is 25.5 Å². The van der Waals surface area contributed by atoms with E-state index in [1.54, 1.807) is 7.11 Å². The van der Waals surface area contributed by atoms with Crippen molar-refractivity contribution < 1.29 is 23.8 Å². The number of allylic oxidation sites excluding steroid dienone is 1. The fraction of sp³-hybridized carbons (Fsp3) is 0.375. The quantitative estimate of drug-likeness (QED) is 0.450. The largest absolute Gasteiger partial charge is 0.496 e. The SMILES string of the molecule is COc1cccc2c1CCC2=C1C(=O)OC(C)(C)OC1=O. The summed E-state index contributed by atoms with van der Waals surface area (Å²) in [6.45, 7) is 3.08. The van der Waals surface area contributed by atoms with Crippen molar-refractivity contribution in [3.05, 3.63) is 34.9 Å². The van der Waals surface area contributed by atoms with E-state index in [4.69, 9.17) is 14.2 Å². The van der Waals surface area contributed by atoms with Crippen LogP contribution in [0.2, 0.25) is 0 Å². The summed E-state index contributed by atoms with van der Waals surface area (Å²) in [5, 5.41) is 0. The van der Waals surface area contributed by atoms with Crippen molar-refractivity contribution in [1.82, 2.24) is 0 Å². The van der Waals surface area contributed by atoms with Crippen LogP contribution < -0.4 is 4.74 Å². The predicted molar refractivity (Wildman–Crippen MR) is 74.5 cm³/mol. The molecule has 5 nitrogen and oxygen atoms in total. The van der Waals surface area contributed by atoms with E-state index in [-0.39, 0.29) is 5.57 Å².